The van der Waals surface area contributed by atoms with Crippen LogP contribution in [0.5, 0.6) is 0 Å². The molecule has 0 spiro atoms. The Balaban J connectivity index is 1.86. The number of nitrogens with zero attached hydrogens (tertiary/aromatic N) is 1. The molecule has 5 heteroatoms. The van der Waals surface area contributed by atoms with Crippen molar-refractivity contribution in [1.29, 1.82) is 0 Å². The van der Waals surface area contributed by atoms with E-state index in [4.69, 9.17) is 0 Å². The normalized spacial score (nSPS) is 23.5. The molecule has 1 fully saturated rings. The second-order valence-corrected chi connectivity index (χ2v) is 7.61. The zero-order valence-corrected chi connectivity index (χ0v) is 14.7. The van der Waals surface area contributed by atoms with Crippen molar-refractivity contribution in [3.63, 3.8) is 0 Å². The van der Waals surface area contributed by atoms with Crippen LogP contribution in [-0.2, 0) is 6.42 Å². The van der Waals surface area contributed by atoms with Crippen LogP contribution in [0.3, 0.4) is 0 Å². The quantitative estimate of drug-likeness (QED) is 0.557. The number of thiophene rings is 1. The molecule has 1 aromatic heterocycles. The third-order valence-electron chi connectivity index (χ3n) is 4.13. The summed E-state index contributed by atoms with van der Waals surface area (Å²) in [5.74, 6) is 1.19. The molecular formula is C17H29N3OS. The van der Waals surface area contributed by atoms with Gasteiger partial charge in [0.15, 0.2) is 5.96 Å². The van der Waals surface area contributed by atoms with Gasteiger partial charge in [-0.1, -0.05) is 6.42 Å². The predicted octanol–water partition coefficient (Wildman–Crippen LogP) is 2.70. The van der Waals surface area contributed by atoms with E-state index in [0.717, 1.165) is 38.2 Å². The van der Waals surface area contributed by atoms with E-state index in [-0.39, 0.29) is 6.10 Å². The van der Waals surface area contributed by atoms with Gasteiger partial charge in [0.25, 0.3) is 0 Å². The van der Waals surface area contributed by atoms with Gasteiger partial charge < -0.3 is 15.7 Å². The Morgan fingerprint density at radius 2 is 2.27 bits per heavy atom. The summed E-state index contributed by atoms with van der Waals surface area (Å²) in [5, 5.41) is 16.7. The van der Waals surface area contributed by atoms with Crippen LogP contribution < -0.4 is 10.6 Å². The molecule has 2 rings (SSSR count). The number of aliphatic hydroxyl groups excluding tert-OH is 1. The van der Waals surface area contributed by atoms with E-state index in [1.165, 1.54) is 9.75 Å². The van der Waals surface area contributed by atoms with Crippen LogP contribution in [0.2, 0.25) is 0 Å². The zero-order valence-electron chi connectivity index (χ0n) is 13.9. The average Bonchev–Trinajstić information content (AvgIpc) is 3.05. The minimum atomic E-state index is -0.168. The highest BCUT2D eigenvalue weighted by Gasteiger charge is 2.24. The van der Waals surface area contributed by atoms with Crippen LogP contribution in [0.4, 0.5) is 0 Å². The Morgan fingerprint density at radius 1 is 1.45 bits per heavy atom. The number of hydrogen-bond donors (Lipinski definition) is 3. The number of hydrogen-bond acceptors (Lipinski definition) is 3. The summed E-state index contributed by atoms with van der Waals surface area (Å²) in [5.41, 5.74) is 0. The summed E-state index contributed by atoms with van der Waals surface area (Å²) in [4.78, 5) is 7.43. The van der Waals surface area contributed by atoms with Gasteiger partial charge in [0.1, 0.15) is 0 Å². The van der Waals surface area contributed by atoms with Crippen molar-refractivity contribution in [2.45, 2.75) is 58.6 Å². The van der Waals surface area contributed by atoms with E-state index >= 15 is 0 Å². The Morgan fingerprint density at radius 3 is 2.86 bits per heavy atom. The van der Waals surface area contributed by atoms with Crippen LogP contribution in [0, 0.1) is 12.8 Å². The highest BCUT2D eigenvalue weighted by Crippen LogP contribution is 2.25. The van der Waals surface area contributed by atoms with E-state index < -0.39 is 0 Å². The maximum Gasteiger partial charge on any atom is 0.191 e. The summed E-state index contributed by atoms with van der Waals surface area (Å²) in [6.07, 6.45) is 3.99. The molecule has 124 valence electrons. The molecule has 1 aliphatic rings. The number of aliphatic imine (C=N–C) groups is 1. The molecule has 22 heavy (non-hydrogen) atoms. The van der Waals surface area contributed by atoms with Gasteiger partial charge in [0, 0.05) is 41.2 Å². The Labute approximate surface area is 138 Å². The number of rotatable bonds is 6. The molecule has 3 unspecified atom stereocenters. The smallest absolute Gasteiger partial charge is 0.191 e. The van der Waals surface area contributed by atoms with Gasteiger partial charge in [-0.2, -0.15) is 0 Å². The highest BCUT2D eigenvalue weighted by molar-refractivity contribution is 7.11. The Bertz CT molecular complexity index is 486. The summed E-state index contributed by atoms with van der Waals surface area (Å²) >= 11 is 1.86. The van der Waals surface area contributed by atoms with Crippen molar-refractivity contribution < 1.29 is 5.11 Å². The molecular weight excluding hydrogens is 294 g/mol. The molecule has 0 saturated heterocycles. The van der Waals surface area contributed by atoms with Gasteiger partial charge in [-0.25, -0.2) is 0 Å². The van der Waals surface area contributed by atoms with Gasteiger partial charge in [-0.15, -0.1) is 11.3 Å². The molecule has 1 aromatic rings. The Kier molecular flexibility index (Phi) is 6.70. The molecule has 0 aromatic carbocycles. The fourth-order valence-corrected chi connectivity index (χ4v) is 3.96. The standard InChI is InChI=1S/C17H29N3OS/c1-4-18-17(19-11-14-6-5-7-16(14)21)20-12(2)10-15-9-8-13(3)22-15/h8-9,12,14,16,21H,4-7,10-11H2,1-3H3,(H2,18,19,20). The SMILES string of the molecule is CCNC(=NCC1CCCC1O)NC(C)Cc1ccc(C)s1. The summed E-state index contributed by atoms with van der Waals surface area (Å²) in [6.45, 7) is 7.97. The topological polar surface area (TPSA) is 56.7 Å². The molecule has 1 aliphatic carbocycles. The maximum atomic E-state index is 9.90. The number of guanidine groups is 1. The molecule has 4 nitrogen and oxygen atoms in total. The molecule has 1 saturated carbocycles. The first-order valence-electron chi connectivity index (χ1n) is 8.36. The third kappa shape index (κ3) is 5.29. The van der Waals surface area contributed by atoms with Crippen molar-refractivity contribution in [1.82, 2.24) is 10.6 Å². The lowest BCUT2D eigenvalue weighted by Crippen LogP contribution is -2.43. The molecule has 0 aliphatic heterocycles. The van der Waals surface area contributed by atoms with Crippen molar-refractivity contribution >= 4 is 17.3 Å². The number of aliphatic hydroxyl groups is 1. The van der Waals surface area contributed by atoms with Gasteiger partial charge in [0.05, 0.1) is 6.10 Å². The van der Waals surface area contributed by atoms with Gasteiger partial charge >= 0.3 is 0 Å². The van der Waals surface area contributed by atoms with E-state index in [1.54, 1.807) is 0 Å². The van der Waals surface area contributed by atoms with Crippen LogP contribution in [0.1, 0.15) is 42.9 Å². The summed E-state index contributed by atoms with van der Waals surface area (Å²) in [7, 11) is 0. The Hall–Kier alpha value is -1.07. The third-order valence-corrected chi connectivity index (χ3v) is 5.16. The largest absolute Gasteiger partial charge is 0.393 e. The molecule has 3 N–H and O–H groups in total. The molecule has 1 heterocycles. The van der Waals surface area contributed by atoms with Crippen molar-refractivity contribution in [2.24, 2.45) is 10.9 Å². The van der Waals surface area contributed by atoms with Gasteiger partial charge in [-0.05, 0) is 45.7 Å². The first-order chi connectivity index (χ1) is 10.6. The van der Waals surface area contributed by atoms with Crippen LogP contribution in [0.25, 0.3) is 0 Å². The second kappa shape index (κ2) is 8.53. The minimum Gasteiger partial charge on any atom is -0.393 e. The van der Waals surface area contributed by atoms with Crippen molar-refractivity contribution in [3.05, 3.63) is 21.9 Å². The summed E-state index contributed by atoms with van der Waals surface area (Å²) in [6, 6.07) is 4.72. The number of nitrogens with one attached hydrogen (secondary N) is 2. The molecule has 0 amide bonds. The fraction of sp³-hybridized carbons (Fsp3) is 0.706. The average molecular weight is 324 g/mol. The zero-order chi connectivity index (χ0) is 15.9. The van der Waals surface area contributed by atoms with Crippen LogP contribution in [0.15, 0.2) is 17.1 Å². The van der Waals surface area contributed by atoms with Gasteiger partial charge in [0.2, 0.25) is 0 Å². The lowest BCUT2D eigenvalue weighted by molar-refractivity contribution is 0.136. The number of aryl methyl sites for hydroxylation is 1. The first kappa shape index (κ1) is 17.3. The monoisotopic (exact) mass is 323 g/mol. The first-order valence-corrected chi connectivity index (χ1v) is 9.18. The van der Waals surface area contributed by atoms with E-state index in [0.29, 0.717) is 18.5 Å². The van der Waals surface area contributed by atoms with Crippen molar-refractivity contribution in [3.8, 4) is 0 Å². The highest BCUT2D eigenvalue weighted by atomic mass is 32.1. The van der Waals surface area contributed by atoms with E-state index in [1.807, 2.05) is 11.3 Å². The van der Waals surface area contributed by atoms with E-state index in [2.05, 4.69) is 48.5 Å². The molecule has 0 radical (unpaired) electrons. The predicted molar refractivity (Wildman–Crippen MR) is 94.7 cm³/mol. The van der Waals surface area contributed by atoms with E-state index in [9.17, 15) is 5.11 Å². The minimum absolute atomic E-state index is 0.168. The van der Waals surface area contributed by atoms with Crippen LogP contribution >= 0.6 is 11.3 Å². The van der Waals surface area contributed by atoms with Crippen LogP contribution in [-0.4, -0.2) is 36.3 Å². The maximum absolute atomic E-state index is 9.90. The van der Waals surface area contributed by atoms with Gasteiger partial charge in [-0.3, -0.25) is 4.99 Å². The lowest BCUT2D eigenvalue weighted by Gasteiger charge is -2.18. The molecule has 3 atom stereocenters. The lowest BCUT2D eigenvalue weighted by atomic mass is 10.1. The molecule has 0 bridgehead atoms. The fourth-order valence-electron chi connectivity index (χ4n) is 2.94. The second-order valence-electron chi connectivity index (χ2n) is 6.24. The van der Waals surface area contributed by atoms with Crippen molar-refractivity contribution in [2.75, 3.05) is 13.1 Å². The summed E-state index contributed by atoms with van der Waals surface area (Å²) < 4.78 is 0.